The van der Waals surface area contributed by atoms with E-state index in [0.717, 1.165) is 6.42 Å². The maximum absolute atomic E-state index is 8.67. The monoisotopic (exact) mass is 207 g/mol. The smallest absolute Gasteiger partial charge is 0.174 e. The summed E-state index contributed by atoms with van der Waals surface area (Å²) < 4.78 is 9.65. The Bertz CT molecular complexity index is 117. The zero-order valence-electron chi connectivity index (χ0n) is 7.01. The Balaban J connectivity index is 2.18. The van der Waals surface area contributed by atoms with E-state index in [2.05, 4.69) is 20.6 Å². The molecule has 7 heteroatoms. The number of nitrogens with one attached hydrogen (secondary N) is 2. The quantitative estimate of drug-likeness (QED) is 0.425. The number of aliphatic hydroxyl groups excluding tert-OH is 1. The van der Waals surface area contributed by atoms with Gasteiger partial charge >= 0.3 is 0 Å². The second kappa shape index (κ2) is 5.19. The molecule has 0 amide bonds. The van der Waals surface area contributed by atoms with E-state index in [0.29, 0.717) is 6.61 Å². The van der Waals surface area contributed by atoms with Gasteiger partial charge in [-0.1, -0.05) is 0 Å². The van der Waals surface area contributed by atoms with Crippen molar-refractivity contribution in [2.45, 2.75) is 12.5 Å². The molecular weight excluding hydrogens is 190 g/mol. The summed E-state index contributed by atoms with van der Waals surface area (Å²) in [4.78, 5) is 0. The Morgan fingerprint density at radius 2 is 2.45 bits per heavy atom. The fourth-order valence-corrected chi connectivity index (χ4v) is 12.8. The predicted molar refractivity (Wildman–Crippen MR) is 54.8 cm³/mol. The van der Waals surface area contributed by atoms with Gasteiger partial charge in [0.25, 0.3) is 0 Å². The van der Waals surface area contributed by atoms with Gasteiger partial charge in [0.1, 0.15) is 0 Å². The molecule has 66 valence electrons. The molecule has 1 aliphatic rings. The van der Waals surface area contributed by atoms with Crippen molar-refractivity contribution in [3.63, 3.8) is 0 Å². The van der Waals surface area contributed by atoms with Gasteiger partial charge < -0.3 is 18.6 Å². The lowest BCUT2D eigenvalue weighted by Crippen LogP contribution is -2.63. The average Bonchev–Trinajstić information content (AvgIpc) is 2.03. The Kier molecular flexibility index (Phi) is 4.52. The van der Waals surface area contributed by atoms with Crippen molar-refractivity contribution in [2.75, 3.05) is 13.7 Å². The highest BCUT2D eigenvalue weighted by Crippen LogP contribution is 1.98. The lowest BCUT2D eigenvalue weighted by Gasteiger charge is -2.32. The van der Waals surface area contributed by atoms with Crippen LogP contribution in [-0.4, -0.2) is 51.8 Å². The minimum Gasteiger partial charge on any atom is -0.396 e. The molecule has 1 saturated heterocycles. The van der Waals surface area contributed by atoms with Crippen molar-refractivity contribution in [1.82, 2.24) is 13.5 Å². The van der Waals surface area contributed by atoms with Crippen LogP contribution in [0.15, 0.2) is 0 Å². The molecule has 0 aromatic rings. The molecular formula is C4H17N3OSi3. The van der Waals surface area contributed by atoms with E-state index in [1.54, 1.807) is 0 Å². The Morgan fingerprint density at radius 1 is 1.64 bits per heavy atom. The van der Waals surface area contributed by atoms with Crippen LogP contribution in [0.3, 0.4) is 0 Å². The summed E-state index contributed by atoms with van der Waals surface area (Å²) in [5.74, 6) is 0. The lowest BCUT2D eigenvalue weighted by atomic mass is 10.5. The zero-order chi connectivity index (χ0) is 8.10. The summed E-state index contributed by atoms with van der Waals surface area (Å²) in [5, 5.41) is 8.67. The first-order chi connectivity index (χ1) is 5.34. The van der Waals surface area contributed by atoms with E-state index < -0.39 is 9.12 Å². The second-order valence-electron chi connectivity index (χ2n) is 2.93. The van der Waals surface area contributed by atoms with Crippen LogP contribution in [0, 0.1) is 0 Å². The summed E-state index contributed by atoms with van der Waals surface area (Å²) in [5.41, 5.74) is 0. The van der Waals surface area contributed by atoms with E-state index in [9.17, 15) is 0 Å². The van der Waals surface area contributed by atoms with Gasteiger partial charge in [0.15, 0.2) is 28.8 Å². The first-order valence-corrected chi connectivity index (χ1v) is 8.76. The van der Waals surface area contributed by atoms with Crippen LogP contribution in [0.25, 0.3) is 0 Å². The SMILES string of the molecule is CN1[SiH2]N[SiH2]N[SiH]1CCCO. The normalized spacial score (nSPS) is 31.6. The van der Waals surface area contributed by atoms with Crippen LogP contribution in [0.2, 0.25) is 6.04 Å². The Labute approximate surface area is 74.1 Å². The lowest BCUT2D eigenvalue weighted by molar-refractivity contribution is 0.294. The third kappa shape index (κ3) is 3.15. The van der Waals surface area contributed by atoms with Crippen LogP contribution < -0.4 is 9.30 Å². The van der Waals surface area contributed by atoms with Crippen molar-refractivity contribution < 1.29 is 5.11 Å². The van der Waals surface area contributed by atoms with E-state index in [-0.39, 0.29) is 19.7 Å². The largest absolute Gasteiger partial charge is 0.396 e. The molecule has 0 radical (unpaired) electrons. The topological polar surface area (TPSA) is 47.5 Å². The highest BCUT2D eigenvalue weighted by molar-refractivity contribution is 6.74. The van der Waals surface area contributed by atoms with E-state index in [4.69, 9.17) is 5.11 Å². The highest BCUT2D eigenvalue weighted by atomic mass is 28.4. The van der Waals surface area contributed by atoms with Crippen molar-refractivity contribution in [3.8, 4) is 0 Å². The van der Waals surface area contributed by atoms with Crippen molar-refractivity contribution >= 4 is 28.8 Å². The number of nitrogens with zero attached hydrogens (tertiary/aromatic N) is 1. The predicted octanol–water partition coefficient (Wildman–Crippen LogP) is -3.29. The number of rotatable bonds is 3. The first kappa shape index (κ1) is 9.58. The van der Waals surface area contributed by atoms with Gasteiger partial charge in [0, 0.05) is 6.61 Å². The maximum atomic E-state index is 8.67. The summed E-state index contributed by atoms with van der Waals surface area (Å²) in [6.45, 7) is 0.357. The average molecular weight is 207 g/mol. The fourth-order valence-electron chi connectivity index (χ4n) is 1.30. The molecule has 4 nitrogen and oxygen atoms in total. The molecule has 0 aliphatic carbocycles. The number of hydrogen-bond acceptors (Lipinski definition) is 4. The molecule has 0 saturated carbocycles. The second-order valence-corrected chi connectivity index (χ2v) is 11.4. The molecule has 0 aromatic heterocycles. The minimum absolute atomic E-state index is 0.0799. The number of hydrogen-bond donors (Lipinski definition) is 3. The van der Waals surface area contributed by atoms with E-state index in [1.165, 1.54) is 6.04 Å². The molecule has 0 bridgehead atoms. The van der Waals surface area contributed by atoms with Gasteiger partial charge in [0.2, 0.25) is 0 Å². The van der Waals surface area contributed by atoms with Crippen molar-refractivity contribution in [1.29, 1.82) is 0 Å². The van der Waals surface area contributed by atoms with Gasteiger partial charge in [-0.15, -0.1) is 0 Å². The molecule has 1 unspecified atom stereocenters. The van der Waals surface area contributed by atoms with Crippen LogP contribution in [0.5, 0.6) is 0 Å². The standard InChI is InChI=1S/C4H17N3OSi3/c1-7-10-5-9-6-11(7)4-2-3-8/h5-6,8,11H,2-4,9-10H2,1H3. The molecule has 0 spiro atoms. The molecule has 3 N–H and O–H groups in total. The van der Waals surface area contributed by atoms with Gasteiger partial charge in [-0.2, -0.15) is 0 Å². The third-order valence-corrected chi connectivity index (χ3v) is 11.0. The molecule has 1 aliphatic heterocycles. The maximum Gasteiger partial charge on any atom is 0.174 e. The van der Waals surface area contributed by atoms with Crippen LogP contribution in [0.4, 0.5) is 0 Å². The third-order valence-electron chi connectivity index (χ3n) is 1.99. The Hall–Kier alpha value is 0.491. The number of aliphatic hydroxyl groups is 1. The molecule has 1 heterocycles. The minimum atomic E-state index is -0.754. The van der Waals surface area contributed by atoms with Crippen molar-refractivity contribution in [2.24, 2.45) is 0 Å². The summed E-state index contributed by atoms with van der Waals surface area (Å²) >= 11 is 0. The molecule has 1 fully saturated rings. The van der Waals surface area contributed by atoms with Crippen LogP contribution >= 0.6 is 0 Å². The zero-order valence-corrected chi connectivity index (χ0v) is 11.0. The molecule has 11 heavy (non-hydrogen) atoms. The summed E-state index contributed by atoms with van der Waals surface area (Å²) in [6, 6.07) is 1.23. The molecule has 1 atom stereocenters. The molecule has 1 rings (SSSR count). The fraction of sp³-hybridized carbons (Fsp3) is 1.00. The summed E-state index contributed by atoms with van der Waals surface area (Å²) in [6.07, 6.45) is 0.983. The van der Waals surface area contributed by atoms with Gasteiger partial charge in [0.05, 0.1) is 0 Å². The molecule has 0 aromatic carbocycles. The van der Waals surface area contributed by atoms with Crippen LogP contribution in [0.1, 0.15) is 6.42 Å². The highest BCUT2D eigenvalue weighted by Gasteiger charge is 2.19. The van der Waals surface area contributed by atoms with E-state index in [1.807, 2.05) is 0 Å². The first-order valence-electron chi connectivity index (χ1n) is 4.10. The van der Waals surface area contributed by atoms with E-state index >= 15 is 0 Å². The van der Waals surface area contributed by atoms with Gasteiger partial charge in [-0.05, 0) is 19.5 Å². The Morgan fingerprint density at radius 3 is 3.09 bits per heavy atom. The van der Waals surface area contributed by atoms with Gasteiger partial charge in [-0.25, -0.2) is 0 Å². The van der Waals surface area contributed by atoms with Crippen LogP contribution in [-0.2, 0) is 0 Å². The van der Waals surface area contributed by atoms with Gasteiger partial charge in [-0.3, -0.25) is 0 Å². The summed E-state index contributed by atoms with van der Waals surface area (Å²) in [7, 11) is 1.28. The van der Waals surface area contributed by atoms with Crippen molar-refractivity contribution in [3.05, 3.63) is 0 Å².